The fourth-order valence-electron chi connectivity index (χ4n) is 2.82. The highest BCUT2D eigenvalue weighted by Gasteiger charge is 2.26. The SMILES string of the molecule is Cc1ccc(Cl)cc1NC(=O)/C(C#N)=C\NC1CCN(C(=O)OC(C)(C)C)CC1. The minimum absolute atomic E-state index is 0.0288. The van der Waals surface area contributed by atoms with Gasteiger partial charge in [-0.15, -0.1) is 0 Å². The summed E-state index contributed by atoms with van der Waals surface area (Å²) in [5.74, 6) is -0.503. The van der Waals surface area contributed by atoms with Crippen LogP contribution in [0.3, 0.4) is 0 Å². The van der Waals surface area contributed by atoms with Gasteiger partial charge in [-0.05, 0) is 58.2 Å². The third-order valence-corrected chi connectivity index (χ3v) is 4.66. The van der Waals surface area contributed by atoms with E-state index in [9.17, 15) is 14.9 Å². The van der Waals surface area contributed by atoms with Gasteiger partial charge in [0.05, 0.1) is 0 Å². The van der Waals surface area contributed by atoms with E-state index in [1.54, 1.807) is 23.1 Å². The highest BCUT2D eigenvalue weighted by molar-refractivity contribution is 6.31. The number of nitrogens with zero attached hydrogens (tertiary/aromatic N) is 2. The van der Waals surface area contributed by atoms with Crippen molar-refractivity contribution < 1.29 is 14.3 Å². The number of hydrogen-bond donors (Lipinski definition) is 2. The number of anilines is 1. The van der Waals surface area contributed by atoms with Gasteiger partial charge in [-0.2, -0.15) is 5.26 Å². The smallest absolute Gasteiger partial charge is 0.410 e. The molecule has 1 fully saturated rings. The van der Waals surface area contributed by atoms with Crippen molar-refractivity contribution in [1.82, 2.24) is 10.2 Å². The summed E-state index contributed by atoms with van der Waals surface area (Å²) in [6, 6.07) is 7.16. The van der Waals surface area contributed by atoms with Gasteiger partial charge in [0.15, 0.2) is 0 Å². The van der Waals surface area contributed by atoms with Crippen molar-refractivity contribution in [2.75, 3.05) is 18.4 Å². The van der Waals surface area contributed by atoms with E-state index in [1.165, 1.54) is 6.20 Å². The second-order valence-corrected chi connectivity index (χ2v) is 8.43. The summed E-state index contributed by atoms with van der Waals surface area (Å²) in [7, 11) is 0. The first kappa shape index (κ1) is 22.6. The van der Waals surface area contributed by atoms with Gasteiger partial charge in [0.25, 0.3) is 5.91 Å². The maximum atomic E-state index is 12.4. The van der Waals surface area contributed by atoms with Crippen LogP contribution in [-0.2, 0) is 9.53 Å². The minimum atomic E-state index is -0.523. The van der Waals surface area contributed by atoms with E-state index >= 15 is 0 Å². The van der Waals surface area contributed by atoms with Crippen molar-refractivity contribution in [2.45, 2.75) is 52.2 Å². The zero-order valence-corrected chi connectivity index (χ0v) is 18.0. The lowest BCUT2D eigenvalue weighted by molar-refractivity contribution is -0.112. The molecule has 1 aliphatic heterocycles. The number of piperidine rings is 1. The van der Waals surface area contributed by atoms with Crippen molar-refractivity contribution in [3.05, 3.63) is 40.6 Å². The molecule has 7 nitrogen and oxygen atoms in total. The average molecular weight is 419 g/mol. The second kappa shape index (κ2) is 9.66. The Morgan fingerprint density at radius 3 is 2.55 bits per heavy atom. The van der Waals surface area contributed by atoms with E-state index in [4.69, 9.17) is 16.3 Å². The largest absolute Gasteiger partial charge is 0.444 e. The molecule has 1 saturated heterocycles. The summed E-state index contributed by atoms with van der Waals surface area (Å²) in [6.45, 7) is 8.46. The predicted octanol–water partition coefficient (Wildman–Crippen LogP) is 3.98. The van der Waals surface area contributed by atoms with Crippen molar-refractivity contribution in [3.8, 4) is 6.07 Å². The van der Waals surface area contributed by atoms with Gasteiger partial charge >= 0.3 is 6.09 Å². The van der Waals surface area contributed by atoms with Crippen LogP contribution in [0.5, 0.6) is 0 Å². The molecular weight excluding hydrogens is 392 g/mol. The number of carbonyl (C=O) groups excluding carboxylic acids is 2. The van der Waals surface area contributed by atoms with E-state index in [0.29, 0.717) is 36.6 Å². The van der Waals surface area contributed by atoms with Crippen LogP contribution in [0.4, 0.5) is 10.5 Å². The van der Waals surface area contributed by atoms with Crippen LogP contribution in [0.15, 0.2) is 30.0 Å². The molecule has 29 heavy (non-hydrogen) atoms. The molecule has 2 amide bonds. The molecule has 2 N–H and O–H groups in total. The number of benzene rings is 1. The average Bonchev–Trinajstić information content (AvgIpc) is 2.64. The maximum absolute atomic E-state index is 12.4. The quantitative estimate of drug-likeness (QED) is 0.569. The first-order valence-electron chi connectivity index (χ1n) is 9.51. The Morgan fingerprint density at radius 2 is 1.97 bits per heavy atom. The molecule has 0 aliphatic carbocycles. The Hall–Kier alpha value is -2.72. The number of aryl methyl sites for hydroxylation is 1. The summed E-state index contributed by atoms with van der Waals surface area (Å²) >= 11 is 5.97. The molecule has 0 spiro atoms. The normalized spacial score (nSPS) is 15.4. The van der Waals surface area contributed by atoms with Crippen LogP contribution in [0.25, 0.3) is 0 Å². The van der Waals surface area contributed by atoms with Crippen LogP contribution >= 0.6 is 11.6 Å². The summed E-state index contributed by atoms with van der Waals surface area (Å²) in [5, 5.41) is 15.7. The molecule has 0 saturated carbocycles. The van der Waals surface area contributed by atoms with E-state index in [0.717, 1.165) is 5.56 Å². The Morgan fingerprint density at radius 1 is 1.31 bits per heavy atom. The van der Waals surface area contributed by atoms with Gasteiger partial charge in [0.1, 0.15) is 17.2 Å². The molecule has 0 bridgehead atoms. The molecule has 1 heterocycles. The number of amides is 2. The zero-order valence-electron chi connectivity index (χ0n) is 17.2. The number of nitrogens with one attached hydrogen (secondary N) is 2. The molecule has 1 aliphatic rings. The first-order valence-corrected chi connectivity index (χ1v) is 9.88. The van der Waals surface area contributed by atoms with Gasteiger partial charge in [-0.3, -0.25) is 4.79 Å². The van der Waals surface area contributed by atoms with E-state index in [-0.39, 0.29) is 17.7 Å². The number of ether oxygens (including phenoxy) is 1. The van der Waals surface area contributed by atoms with E-state index < -0.39 is 11.5 Å². The summed E-state index contributed by atoms with van der Waals surface area (Å²) in [5.41, 5.74) is 0.862. The van der Waals surface area contributed by atoms with Crippen LogP contribution < -0.4 is 10.6 Å². The van der Waals surface area contributed by atoms with Crippen molar-refractivity contribution >= 4 is 29.3 Å². The summed E-state index contributed by atoms with van der Waals surface area (Å²) in [6.07, 6.45) is 2.51. The van der Waals surface area contributed by atoms with Crippen LogP contribution in [0.1, 0.15) is 39.2 Å². The van der Waals surface area contributed by atoms with Crippen LogP contribution in [0, 0.1) is 18.3 Å². The lowest BCUT2D eigenvalue weighted by Crippen LogP contribution is -2.45. The predicted molar refractivity (Wildman–Crippen MR) is 112 cm³/mol. The Bertz CT molecular complexity index is 831. The minimum Gasteiger partial charge on any atom is -0.444 e. The zero-order chi connectivity index (χ0) is 21.6. The van der Waals surface area contributed by atoms with E-state index in [1.807, 2.05) is 33.8 Å². The molecule has 8 heteroatoms. The Balaban J connectivity index is 1.90. The lowest BCUT2D eigenvalue weighted by atomic mass is 10.1. The highest BCUT2D eigenvalue weighted by atomic mass is 35.5. The van der Waals surface area contributed by atoms with Gasteiger partial charge in [0.2, 0.25) is 0 Å². The van der Waals surface area contributed by atoms with Gasteiger partial charge < -0.3 is 20.3 Å². The fourth-order valence-corrected chi connectivity index (χ4v) is 3.00. The standard InChI is InChI=1S/C21H27ClN4O3/c1-14-5-6-16(22)11-18(14)25-19(27)15(12-23)13-24-17-7-9-26(10-8-17)20(28)29-21(2,3)4/h5-6,11,13,17,24H,7-10H2,1-4H3,(H,25,27)/b15-13-. The summed E-state index contributed by atoms with van der Waals surface area (Å²) in [4.78, 5) is 26.2. The molecule has 0 atom stereocenters. The van der Waals surface area contributed by atoms with Gasteiger partial charge in [-0.1, -0.05) is 17.7 Å². The molecule has 156 valence electrons. The van der Waals surface area contributed by atoms with Crippen molar-refractivity contribution in [2.24, 2.45) is 0 Å². The third kappa shape index (κ3) is 6.99. The number of nitriles is 1. The van der Waals surface area contributed by atoms with Crippen LogP contribution in [-0.4, -0.2) is 41.6 Å². The number of hydrogen-bond acceptors (Lipinski definition) is 5. The molecule has 1 aromatic rings. The van der Waals surface area contributed by atoms with Gasteiger partial charge in [-0.25, -0.2) is 4.79 Å². The van der Waals surface area contributed by atoms with Crippen molar-refractivity contribution in [3.63, 3.8) is 0 Å². The third-order valence-electron chi connectivity index (χ3n) is 4.42. The van der Waals surface area contributed by atoms with Crippen molar-refractivity contribution in [1.29, 1.82) is 5.26 Å². The number of likely N-dealkylation sites (tertiary alicyclic amines) is 1. The first-order chi connectivity index (χ1) is 13.6. The Kier molecular flexibility index (Phi) is 7.52. The molecule has 0 aromatic heterocycles. The Labute approximate surface area is 176 Å². The molecule has 0 unspecified atom stereocenters. The van der Waals surface area contributed by atoms with E-state index in [2.05, 4.69) is 10.6 Å². The second-order valence-electron chi connectivity index (χ2n) is 7.99. The lowest BCUT2D eigenvalue weighted by Gasteiger charge is -2.33. The molecule has 1 aromatic carbocycles. The maximum Gasteiger partial charge on any atom is 0.410 e. The number of rotatable bonds is 4. The van der Waals surface area contributed by atoms with Crippen LogP contribution in [0.2, 0.25) is 5.02 Å². The highest BCUT2D eigenvalue weighted by Crippen LogP contribution is 2.21. The monoisotopic (exact) mass is 418 g/mol. The summed E-state index contributed by atoms with van der Waals surface area (Å²) < 4.78 is 5.38. The molecular formula is C21H27ClN4O3. The number of carbonyl (C=O) groups is 2. The number of halogens is 1. The fraction of sp³-hybridized carbons (Fsp3) is 0.476. The van der Waals surface area contributed by atoms with Gasteiger partial charge in [0, 0.05) is 36.0 Å². The topological polar surface area (TPSA) is 94.5 Å². The molecule has 0 radical (unpaired) electrons. The molecule has 2 rings (SSSR count).